The summed E-state index contributed by atoms with van der Waals surface area (Å²) in [5.74, 6) is -1.09. The number of nitrogens with one attached hydrogen (secondary N) is 2. The number of aliphatic hydroxyl groups is 1. The van der Waals surface area contributed by atoms with Crippen molar-refractivity contribution in [3.8, 4) is 0 Å². The van der Waals surface area contributed by atoms with E-state index in [2.05, 4.69) is 10.6 Å². The van der Waals surface area contributed by atoms with E-state index in [1.165, 1.54) is 6.92 Å². The molecule has 0 spiro atoms. The predicted octanol–water partition coefficient (Wildman–Crippen LogP) is -0.326. The normalized spacial score (nSPS) is 19.1. The Kier molecular flexibility index (Phi) is 3.52. The van der Waals surface area contributed by atoms with E-state index in [0.29, 0.717) is 0 Å². The number of rotatable bonds is 5. The Hall–Kier alpha value is -1.30. The third-order valence-electron chi connectivity index (χ3n) is 2.07. The second-order valence-electron chi connectivity index (χ2n) is 4.17. The third kappa shape index (κ3) is 5.21. The second kappa shape index (κ2) is 4.48. The first-order chi connectivity index (χ1) is 6.89. The summed E-state index contributed by atoms with van der Waals surface area (Å²) in [6.07, 6.45) is 1.58. The van der Waals surface area contributed by atoms with Crippen molar-refractivity contribution in [3.05, 3.63) is 0 Å². The smallest absolute Gasteiger partial charge is 0.315 e. The van der Waals surface area contributed by atoms with Crippen LogP contribution in [-0.2, 0) is 4.79 Å². The zero-order chi connectivity index (χ0) is 11.5. The van der Waals surface area contributed by atoms with Crippen molar-refractivity contribution in [1.29, 1.82) is 0 Å². The van der Waals surface area contributed by atoms with Crippen molar-refractivity contribution >= 4 is 12.0 Å². The number of carbonyl (C=O) groups is 2. The second-order valence-corrected chi connectivity index (χ2v) is 4.17. The number of aliphatic carboxylic acids is 1. The predicted molar refractivity (Wildman–Crippen MR) is 52.4 cm³/mol. The van der Waals surface area contributed by atoms with E-state index in [9.17, 15) is 14.7 Å². The molecule has 1 unspecified atom stereocenters. The van der Waals surface area contributed by atoms with Gasteiger partial charge in [-0.1, -0.05) is 0 Å². The summed E-state index contributed by atoms with van der Waals surface area (Å²) in [7, 11) is 0. The molecule has 0 aromatic heterocycles. The van der Waals surface area contributed by atoms with Gasteiger partial charge in [0.2, 0.25) is 0 Å². The highest BCUT2D eigenvalue weighted by atomic mass is 16.4. The summed E-state index contributed by atoms with van der Waals surface area (Å²) in [6, 6.07) is -0.113. The van der Waals surface area contributed by atoms with Crippen LogP contribution in [0.25, 0.3) is 0 Å². The van der Waals surface area contributed by atoms with Crippen molar-refractivity contribution in [2.45, 2.75) is 37.8 Å². The topological polar surface area (TPSA) is 98.7 Å². The van der Waals surface area contributed by atoms with Crippen LogP contribution in [0.4, 0.5) is 4.79 Å². The monoisotopic (exact) mass is 216 g/mol. The molecular formula is C9H16N2O4. The van der Waals surface area contributed by atoms with Crippen LogP contribution in [-0.4, -0.2) is 40.4 Å². The van der Waals surface area contributed by atoms with Gasteiger partial charge in [0.15, 0.2) is 0 Å². The van der Waals surface area contributed by atoms with E-state index in [1.807, 2.05) is 0 Å². The molecule has 0 aromatic rings. The van der Waals surface area contributed by atoms with Gasteiger partial charge in [-0.3, -0.25) is 4.79 Å². The summed E-state index contributed by atoms with van der Waals surface area (Å²) >= 11 is 0. The number of hydrogen-bond donors (Lipinski definition) is 4. The molecule has 0 aliphatic heterocycles. The van der Waals surface area contributed by atoms with Gasteiger partial charge in [0.1, 0.15) is 0 Å². The number of carboxylic acids is 1. The molecule has 6 heteroatoms. The molecule has 0 bridgehead atoms. The van der Waals surface area contributed by atoms with Gasteiger partial charge in [-0.15, -0.1) is 0 Å². The van der Waals surface area contributed by atoms with Gasteiger partial charge in [-0.25, -0.2) is 4.79 Å². The van der Waals surface area contributed by atoms with Crippen molar-refractivity contribution < 1.29 is 19.8 Å². The van der Waals surface area contributed by atoms with Gasteiger partial charge in [0.25, 0.3) is 0 Å². The Morgan fingerprint density at radius 3 is 2.53 bits per heavy atom. The van der Waals surface area contributed by atoms with Crippen molar-refractivity contribution in [2.24, 2.45) is 0 Å². The van der Waals surface area contributed by atoms with E-state index >= 15 is 0 Å². The number of carboxylic acid groups (broad SMARTS) is 1. The van der Waals surface area contributed by atoms with Gasteiger partial charge < -0.3 is 20.8 Å². The van der Waals surface area contributed by atoms with Gasteiger partial charge in [-0.05, 0) is 19.8 Å². The summed E-state index contributed by atoms with van der Waals surface area (Å²) in [6.45, 7) is 1.30. The van der Waals surface area contributed by atoms with Crippen LogP contribution >= 0.6 is 0 Å². The summed E-state index contributed by atoms with van der Waals surface area (Å²) < 4.78 is 0. The maximum absolute atomic E-state index is 11.1. The lowest BCUT2D eigenvalue weighted by molar-refractivity contribution is -0.141. The first kappa shape index (κ1) is 11.8. The quantitative estimate of drug-likeness (QED) is 0.506. The van der Waals surface area contributed by atoms with Crippen LogP contribution in [0.2, 0.25) is 0 Å². The zero-order valence-electron chi connectivity index (χ0n) is 8.62. The Balaban J connectivity index is 2.21. The lowest BCUT2D eigenvalue weighted by Crippen LogP contribution is -2.46. The number of hydrogen-bond acceptors (Lipinski definition) is 3. The van der Waals surface area contributed by atoms with E-state index in [0.717, 1.165) is 12.8 Å². The molecule has 0 heterocycles. The zero-order valence-corrected chi connectivity index (χ0v) is 8.62. The Morgan fingerprint density at radius 1 is 1.47 bits per heavy atom. The van der Waals surface area contributed by atoms with Gasteiger partial charge in [-0.2, -0.15) is 0 Å². The highest BCUT2D eigenvalue weighted by Gasteiger charge is 2.27. The molecule has 1 aliphatic rings. The molecule has 1 rings (SSSR count). The van der Waals surface area contributed by atoms with Crippen molar-refractivity contribution in [1.82, 2.24) is 10.6 Å². The largest absolute Gasteiger partial charge is 0.481 e. The van der Waals surface area contributed by atoms with Crippen LogP contribution < -0.4 is 10.6 Å². The van der Waals surface area contributed by atoms with Gasteiger partial charge in [0.05, 0.1) is 12.0 Å². The average molecular weight is 216 g/mol. The lowest BCUT2D eigenvalue weighted by Gasteiger charge is -2.21. The van der Waals surface area contributed by atoms with Gasteiger partial charge >= 0.3 is 12.0 Å². The Labute approximate surface area is 87.7 Å². The number of amides is 2. The maximum Gasteiger partial charge on any atom is 0.315 e. The molecule has 1 atom stereocenters. The molecule has 4 N–H and O–H groups in total. The molecule has 0 radical (unpaired) electrons. The highest BCUT2D eigenvalue weighted by molar-refractivity contribution is 5.75. The Bertz CT molecular complexity index is 261. The van der Waals surface area contributed by atoms with E-state index in [4.69, 9.17) is 5.11 Å². The minimum absolute atomic E-state index is 0.0716. The van der Waals surface area contributed by atoms with Crippen molar-refractivity contribution in [2.75, 3.05) is 6.54 Å². The summed E-state index contributed by atoms with van der Waals surface area (Å²) in [4.78, 5) is 21.5. The van der Waals surface area contributed by atoms with E-state index in [-0.39, 0.29) is 18.6 Å². The third-order valence-corrected chi connectivity index (χ3v) is 2.07. The number of urea groups is 1. The first-order valence-corrected chi connectivity index (χ1v) is 4.87. The van der Waals surface area contributed by atoms with E-state index in [1.54, 1.807) is 0 Å². The highest BCUT2D eigenvalue weighted by Crippen LogP contribution is 2.18. The molecule has 86 valence electrons. The standard InChI is InChI=1S/C9H16N2O4/c1-9(15,4-7(12)13)5-10-8(14)11-6-2-3-6/h6,15H,2-5H2,1H3,(H,12,13)(H2,10,11,14). The van der Waals surface area contributed by atoms with Crippen LogP contribution in [0.3, 0.4) is 0 Å². The van der Waals surface area contributed by atoms with Crippen molar-refractivity contribution in [3.63, 3.8) is 0 Å². The fourth-order valence-electron chi connectivity index (χ4n) is 1.12. The first-order valence-electron chi connectivity index (χ1n) is 4.87. The Morgan fingerprint density at radius 2 is 2.07 bits per heavy atom. The molecule has 0 saturated heterocycles. The minimum atomic E-state index is -1.41. The van der Waals surface area contributed by atoms with E-state index < -0.39 is 18.0 Å². The maximum atomic E-state index is 11.1. The van der Waals surface area contributed by atoms with Crippen LogP contribution in [0.1, 0.15) is 26.2 Å². The SMILES string of the molecule is CC(O)(CNC(=O)NC1CC1)CC(=O)O. The van der Waals surface area contributed by atoms with Crippen LogP contribution in [0, 0.1) is 0 Å². The molecule has 0 aromatic carbocycles. The summed E-state index contributed by atoms with van der Waals surface area (Å²) in [5.41, 5.74) is -1.41. The molecule has 1 fully saturated rings. The van der Waals surface area contributed by atoms with Crippen LogP contribution in [0.15, 0.2) is 0 Å². The lowest BCUT2D eigenvalue weighted by atomic mass is 10.0. The average Bonchev–Trinajstić information content (AvgIpc) is 2.82. The molecule has 6 nitrogen and oxygen atoms in total. The summed E-state index contributed by atoms with van der Waals surface area (Å²) in [5, 5.41) is 23.1. The van der Waals surface area contributed by atoms with Gasteiger partial charge in [0, 0.05) is 12.6 Å². The fraction of sp³-hybridized carbons (Fsp3) is 0.778. The molecule has 1 saturated carbocycles. The fourth-order valence-corrected chi connectivity index (χ4v) is 1.12. The molecule has 1 aliphatic carbocycles. The molecule has 2 amide bonds. The molecule has 15 heavy (non-hydrogen) atoms. The molecular weight excluding hydrogens is 200 g/mol. The van der Waals surface area contributed by atoms with Crippen LogP contribution in [0.5, 0.6) is 0 Å². The minimum Gasteiger partial charge on any atom is -0.481 e. The number of carbonyl (C=O) groups excluding carboxylic acids is 1.